The maximum Gasteiger partial charge on any atom is 0.0749 e. The lowest BCUT2D eigenvalue weighted by Crippen LogP contribution is -2.41. The van der Waals surface area contributed by atoms with Gasteiger partial charge in [-0.05, 0) is 33.7 Å². The number of hydrogen-bond donors (Lipinski definition) is 1. The van der Waals surface area contributed by atoms with Gasteiger partial charge in [0, 0.05) is 32.8 Å². The van der Waals surface area contributed by atoms with Gasteiger partial charge in [0.15, 0.2) is 0 Å². The van der Waals surface area contributed by atoms with Crippen LogP contribution in [0.5, 0.6) is 0 Å². The van der Waals surface area contributed by atoms with Gasteiger partial charge in [0.2, 0.25) is 0 Å². The molecule has 1 N–H and O–H groups in total. The smallest absolute Gasteiger partial charge is 0.0749 e. The summed E-state index contributed by atoms with van der Waals surface area (Å²) in [6.07, 6.45) is 1.24. The Morgan fingerprint density at radius 3 is 2.79 bits per heavy atom. The Morgan fingerprint density at radius 1 is 1.43 bits per heavy atom. The van der Waals surface area contributed by atoms with E-state index in [-0.39, 0.29) is 5.60 Å². The highest BCUT2D eigenvalue weighted by atomic mass is 16.5. The first-order valence-electron chi connectivity index (χ1n) is 5.54. The number of methoxy groups -OCH3 is 1. The summed E-state index contributed by atoms with van der Waals surface area (Å²) in [5.74, 6) is 0. The molecule has 14 heavy (non-hydrogen) atoms. The van der Waals surface area contributed by atoms with Crippen molar-refractivity contribution in [3.63, 3.8) is 0 Å². The molecule has 3 heteroatoms. The van der Waals surface area contributed by atoms with Crippen LogP contribution < -0.4 is 5.32 Å². The minimum Gasteiger partial charge on any atom is -0.377 e. The van der Waals surface area contributed by atoms with Crippen LogP contribution in [0.3, 0.4) is 0 Å². The number of nitrogens with zero attached hydrogens (tertiary/aromatic N) is 1. The third kappa shape index (κ3) is 3.95. The van der Waals surface area contributed by atoms with E-state index in [1.807, 2.05) is 0 Å². The molecule has 0 amide bonds. The van der Waals surface area contributed by atoms with Crippen molar-refractivity contribution in [1.29, 1.82) is 0 Å². The number of hydrogen-bond acceptors (Lipinski definition) is 3. The third-order valence-corrected chi connectivity index (χ3v) is 2.96. The van der Waals surface area contributed by atoms with Crippen molar-refractivity contribution in [2.75, 3.05) is 33.3 Å². The van der Waals surface area contributed by atoms with Crippen molar-refractivity contribution in [3.05, 3.63) is 0 Å². The second-order valence-electron chi connectivity index (χ2n) is 4.88. The number of nitrogens with one attached hydrogen (secondary N) is 1. The van der Waals surface area contributed by atoms with E-state index in [1.54, 1.807) is 7.11 Å². The molecular weight excluding hydrogens is 176 g/mol. The Bertz CT molecular complexity index is 171. The van der Waals surface area contributed by atoms with Crippen LogP contribution in [0.15, 0.2) is 0 Å². The van der Waals surface area contributed by atoms with Crippen LogP contribution in [0.1, 0.15) is 27.2 Å². The van der Waals surface area contributed by atoms with Gasteiger partial charge in [0.25, 0.3) is 0 Å². The van der Waals surface area contributed by atoms with E-state index in [2.05, 4.69) is 31.0 Å². The Labute approximate surface area is 87.8 Å². The summed E-state index contributed by atoms with van der Waals surface area (Å²) in [7, 11) is 1.79. The molecule has 0 aliphatic carbocycles. The molecule has 0 saturated carbocycles. The molecule has 1 heterocycles. The van der Waals surface area contributed by atoms with E-state index in [1.165, 1.54) is 13.0 Å². The zero-order chi connectivity index (χ0) is 10.6. The Morgan fingerprint density at radius 2 is 2.14 bits per heavy atom. The van der Waals surface area contributed by atoms with Crippen LogP contribution in [0.25, 0.3) is 0 Å². The Hall–Kier alpha value is -0.120. The summed E-state index contributed by atoms with van der Waals surface area (Å²) in [5.41, 5.74) is -0.0203. The lowest BCUT2D eigenvalue weighted by molar-refractivity contribution is -0.00623. The quantitative estimate of drug-likeness (QED) is 0.738. The highest BCUT2D eigenvalue weighted by molar-refractivity contribution is 4.78. The van der Waals surface area contributed by atoms with Gasteiger partial charge < -0.3 is 10.1 Å². The van der Waals surface area contributed by atoms with Crippen LogP contribution in [0.4, 0.5) is 0 Å². The molecule has 84 valence electrons. The summed E-state index contributed by atoms with van der Waals surface area (Å²) in [6.45, 7) is 11.0. The summed E-state index contributed by atoms with van der Waals surface area (Å²) in [4.78, 5) is 2.49. The zero-order valence-electron chi connectivity index (χ0n) is 9.97. The van der Waals surface area contributed by atoms with E-state index >= 15 is 0 Å². The summed E-state index contributed by atoms with van der Waals surface area (Å²) < 4.78 is 5.45. The predicted molar refractivity (Wildman–Crippen MR) is 59.6 cm³/mol. The molecule has 1 rings (SSSR count). The second-order valence-corrected chi connectivity index (χ2v) is 4.88. The average Bonchev–Trinajstić information content (AvgIpc) is 2.31. The fourth-order valence-corrected chi connectivity index (χ4v) is 1.82. The van der Waals surface area contributed by atoms with Crippen LogP contribution >= 0.6 is 0 Å². The topological polar surface area (TPSA) is 24.5 Å². The summed E-state index contributed by atoms with van der Waals surface area (Å²) in [6, 6.07) is 0.658. The zero-order valence-corrected chi connectivity index (χ0v) is 9.97. The van der Waals surface area contributed by atoms with E-state index in [4.69, 9.17) is 4.74 Å². The van der Waals surface area contributed by atoms with Gasteiger partial charge in [-0.15, -0.1) is 0 Å². The second kappa shape index (κ2) is 5.10. The van der Waals surface area contributed by atoms with Crippen molar-refractivity contribution >= 4 is 0 Å². The van der Waals surface area contributed by atoms with Crippen LogP contribution in [-0.2, 0) is 4.74 Å². The SMILES string of the molecule is COC(C)(C)CN1CCNC(C)CC1. The normalized spacial score (nSPS) is 26.1. The van der Waals surface area contributed by atoms with Gasteiger partial charge in [-0.25, -0.2) is 0 Å². The Balaban J connectivity index is 2.37. The molecule has 0 bridgehead atoms. The van der Waals surface area contributed by atoms with Gasteiger partial charge >= 0.3 is 0 Å². The van der Waals surface area contributed by atoms with Crippen molar-refractivity contribution < 1.29 is 4.74 Å². The predicted octanol–water partition coefficient (Wildman–Crippen LogP) is 1.10. The maximum atomic E-state index is 5.45. The molecule has 0 aromatic rings. The first-order valence-corrected chi connectivity index (χ1v) is 5.54. The molecule has 1 aliphatic heterocycles. The average molecular weight is 200 g/mol. The fraction of sp³-hybridized carbons (Fsp3) is 1.00. The van der Waals surface area contributed by atoms with E-state index in [0.29, 0.717) is 6.04 Å². The highest BCUT2D eigenvalue weighted by Crippen LogP contribution is 2.11. The molecule has 0 radical (unpaired) electrons. The molecule has 1 saturated heterocycles. The molecule has 0 aromatic heterocycles. The van der Waals surface area contributed by atoms with Gasteiger partial charge in [0.05, 0.1) is 5.60 Å². The number of rotatable bonds is 3. The number of ether oxygens (including phenoxy) is 1. The largest absolute Gasteiger partial charge is 0.377 e. The molecule has 0 spiro atoms. The van der Waals surface area contributed by atoms with E-state index in [9.17, 15) is 0 Å². The van der Waals surface area contributed by atoms with Crippen molar-refractivity contribution in [3.8, 4) is 0 Å². The fourth-order valence-electron chi connectivity index (χ4n) is 1.82. The minimum absolute atomic E-state index is 0.0203. The van der Waals surface area contributed by atoms with Crippen LogP contribution in [0.2, 0.25) is 0 Å². The van der Waals surface area contributed by atoms with Crippen molar-refractivity contribution in [1.82, 2.24) is 10.2 Å². The third-order valence-electron chi connectivity index (χ3n) is 2.96. The van der Waals surface area contributed by atoms with E-state index < -0.39 is 0 Å². The van der Waals surface area contributed by atoms with Gasteiger partial charge in [0.1, 0.15) is 0 Å². The maximum absolute atomic E-state index is 5.45. The molecular formula is C11H24N2O. The van der Waals surface area contributed by atoms with Crippen LogP contribution in [0, 0.1) is 0 Å². The van der Waals surface area contributed by atoms with Gasteiger partial charge in [-0.2, -0.15) is 0 Å². The molecule has 3 nitrogen and oxygen atoms in total. The van der Waals surface area contributed by atoms with Crippen molar-refractivity contribution in [2.45, 2.75) is 38.8 Å². The van der Waals surface area contributed by atoms with Gasteiger partial charge in [-0.1, -0.05) is 0 Å². The molecule has 1 atom stereocenters. The van der Waals surface area contributed by atoms with Gasteiger partial charge in [-0.3, -0.25) is 4.90 Å². The first-order chi connectivity index (χ1) is 6.53. The van der Waals surface area contributed by atoms with E-state index in [0.717, 1.165) is 19.6 Å². The lowest BCUT2D eigenvalue weighted by atomic mass is 10.1. The standard InChI is InChI=1S/C11H24N2O/c1-10-5-7-13(8-6-12-10)9-11(2,3)14-4/h10,12H,5-9H2,1-4H3. The van der Waals surface area contributed by atoms with Crippen LogP contribution in [-0.4, -0.2) is 49.8 Å². The summed E-state index contributed by atoms with van der Waals surface area (Å²) >= 11 is 0. The molecule has 1 fully saturated rings. The highest BCUT2D eigenvalue weighted by Gasteiger charge is 2.22. The van der Waals surface area contributed by atoms with Crippen molar-refractivity contribution in [2.24, 2.45) is 0 Å². The first kappa shape index (κ1) is 12.0. The molecule has 1 aliphatic rings. The molecule has 0 aromatic carbocycles. The lowest BCUT2D eigenvalue weighted by Gasteiger charge is -2.30. The Kier molecular flexibility index (Phi) is 4.35. The molecule has 1 unspecified atom stereocenters. The monoisotopic (exact) mass is 200 g/mol. The summed E-state index contributed by atoms with van der Waals surface area (Å²) in [5, 5.41) is 3.50. The minimum atomic E-state index is -0.0203.